The minimum atomic E-state index is -0.0788. The van der Waals surface area contributed by atoms with Crippen LogP contribution in [-0.2, 0) is 0 Å². The summed E-state index contributed by atoms with van der Waals surface area (Å²) in [5.41, 5.74) is 6.77. The molecule has 0 bridgehead atoms. The summed E-state index contributed by atoms with van der Waals surface area (Å²) in [6.07, 6.45) is 1.79. The maximum absolute atomic E-state index is 12.3. The minimum Gasteiger partial charge on any atom is -0.495 e. The number of hydrogen-bond donors (Lipinski definition) is 2. The number of rotatable bonds is 3. The van der Waals surface area contributed by atoms with E-state index in [1.807, 2.05) is 0 Å². The monoisotopic (exact) mass is 250 g/mol. The Kier molecular flexibility index (Phi) is 3.72. The largest absolute Gasteiger partial charge is 0.495 e. The van der Waals surface area contributed by atoms with Gasteiger partial charge in [-0.3, -0.25) is 4.79 Å². The maximum Gasteiger partial charge on any atom is 0.254 e. The fourth-order valence-electron chi connectivity index (χ4n) is 2.30. The SMILES string of the molecule is COc1cc(C(=O)N2CCC[C@@H]2CO)ccc1N. The Labute approximate surface area is 106 Å². The lowest BCUT2D eigenvalue weighted by Crippen LogP contribution is -2.37. The van der Waals surface area contributed by atoms with Gasteiger partial charge in [0.25, 0.3) is 5.91 Å². The Balaban J connectivity index is 2.23. The van der Waals surface area contributed by atoms with Gasteiger partial charge in [0, 0.05) is 12.1 Å². The smallest absolute Gasteiger partial charge is 0.254 e. The van der Waals surface area contributed by atoms with Crippen LogP contribution in [0.25, 0.3) is 0 Å². The van der Waals surface area contributed by atoms with Gasteiger partial charge in [-0.25, -0.2) is 0 Å². The van der Waals surface area contributed by atoms with E-state index in [4.69, 9.17) is 10.5 Å². The van der Waals surface area contributed by atoms with E-state index in [0.29, 0.717) is 23.5 Å². The zero-order valence-electron chi connectivity index (χ0n) is 10.4. The number of carbonyl (C=O) groups excluding carboxylic acids is 1. The molecule has 1 amide bonds. The molecule has 0 unspecified atom stereocenters. The van der Waals surface area contributed by atoms with Crippen molar-refractivity contribution < 1.29 is 14.6 Å². The van der Waals surface area contributed by atoms with Crippen molar-refractivity contribution in [2.75, 3.05) is 26.0 Å². The second-order valence-electron chi connectivity index (χ2n) is 4.43. The molecule has 98 valence electrons. The summed E-state index contributed by atoms with van der Waals surface area (Å²) in [7, 11) is 1.52. The number of hydrogen-bond acceptors (Lipinski definition) is 4. The first-order valence-electron chi connectivity index (χ1n) is 6.02. The third kappa shape index (κ3) is 2.26. The molecule has 1 aromatic carbocycles. The quantitative estimate of drug-likeness (QED) is 0.781. The molecule has 1 aromatic rings. The Bertz CT molecular complexity index is 448. The molecule has 0 saturated carbocycles. The molecular weight excluding hydrogens is 232 g/mol. The first-order valence-corrected chi connectivity index (χ1v) is 6.02. The van der Waals surface area contributed by atoms with Gasteiger partial charge in [-0.15, -0.1) is 0 Å². The molecule has 1 aliphatic heterocycles. The fourth-order valence-corrected chi connectivity index (χ4v) is 2.30. The zero-order valence-corrected chi connectivity index (χ0v) is 10.4. The van der Waals surface area contributed by atoms with Crippen LogP contribution in [0.3, 0.4) is 0 Å². The second kappa shape index (κ2) is 5.27. The Morgan fingerprint density at radius 3 is 3.06 bits per heavy atom. The Morgan fingerprint density at radius 1 is 1.61 bits per heavy atom. The Hall–Kier alpha value is -1.75. The number of likely N-dealkylation sites (tertiary alicyclic amines) is 1. The molecule has 1 aliphatic rings. The van der Waals surface area contributed by atoms with Crippen LogP contribution in [0.4, 0.5) is 5.69 Å². The van der Waals surface area contributed by atoms with Gasteiger partial charge in [-0.05, 0) is 31.0 Å². The summed E-state index contributed by atoms with van der Waals surface area (Å²) in [6.45, 7) is 0.703. The fraction of sp³-hybridized carbons (Fsp3) is 0.462. The third-order valence-electron chi connectivity index (χ3n) is 3.33. The van der Waals surface area contributed by atoms with E-state index in [2.05, 4.69) is 0 Å². The average molecular weight is 250 g/mol. The summed E-state index contributed by atoms with van der Waals surface area (Å²) >= 11 is 0. The predicted molar refractivity (Wildman–Crippen MR) is 68.6 cm³/mol. The highest BCUT2D eigenvalue weighted by Crippen LogP contribution is 2.25. The van der Waals surface area contributed by atoms with E-state index in [9.17, 15) is 9.90 Å². The number of anilines is 1. The van der Waals surface area contributed by atoms with Crippen molar-refractivity contribution in [2.45, 2.75) is 18.9 Å². The third-order valence-corrected chi connectivity index (χ3v) is 3.33. The lowest BCUT2D eigenvalue weighted by molar-refractivity contribution is 0.0677. The van der Waals surface area contributed by atoms with Crippen LogP contribution < -0.4 is 10.5 Å². The molecule has 1 heterocycles. The number of benzene rings is 1. The zero-order chi connectivity index (χ0) is 13.1. The summed E-state index contributed by atoms with van der Waals surface area (Å²) in [5, 5.41) is 9.24. The van der Waals surface area contributed by atoms with Crippen LogP contribution in [0.5, 0.6) is 5.75 Å². The summed E-state index contributed by atoms with van der Waals surface area (Å²) in [5.74, 6) is 0.422. The molecule has 1 atom stereocenters. The van der Waals surface area contributed by atoms with Gasteiger partial charge in [0.15, 0.2) is 0 Å². The van der Waals surface area contributed by atoms with Crippen molar-refractivity contribution in [3.63, 3.8) is 0 Å². The van der Waals surface area contributed by atoms with Crippen molar-refractivity contribution >= 4 is 11.6 Å². The van der Waals surface area contributed by atoms with Gasteiger partial charge >= 0.3 is 0 Å². The van der Waals surface area contributed by atoms with E-state index in [1.165, 1.54) is 7.11 Å². The van der Waals surface area contributed by atoms with Crippen LogP contribution >= 0.6 is 0 Å². The van der Waals surface area contributed by atoms with E-state index >= 15 is 0 Å². The van der Waals surface area contributed by atoms with Crippen molar-refractivity contribution in [2.24, 2.45) is 0 Å². The van der Waals surface area contributed by atoms with Crippen molar-refractivity contribution in [3.8, 4) is 5.75 Å². The number of carbonyl (C=O) groups is 1. The van der Waals surface area contributed by atoms with Gasteiger partial charge in [0.2, 0.25) is 0 Å². The standard InChI is InChI=1S/C13H18N2O3/c1-18-12-7-9(4-5-11(12)14)13(17)15-6-2-3-10(15)8-16/h4-5,7,10,16H,2-3,6,8,14H2,1H3/t10-/m1/s1. The molecule has 0 spiro atoms. The van der Waals surface area contributed by atoms with E-state index in [0.717, 1.165) is 12.8 Å². The second-order valence-corrected chi connectivity index (χ2v) is 4.43. The molecule has 0 aliphatic carbocycles. The topological polar surface area (TPSA) is 75.8 Å². The van der Waals surface area contributed by atoms with Crippen LogP contribution in [-0.4, -0.2) is 42.2 Å². The van der Waals surface area contributed by atoms with Gasteiger partial charge in [0.1, 0.15) is 5.75 Å². The first kappa shape index (κ1) is 12.7. The highest BCUT2D eigenvalue weighted by atomic mass is 16.5. The van der Waals surface area contributed by atoms with Crippen LogP contribution in [0.2, 0.25) is 0 Å². The number of nitrogens with zero attached hydrogens (tertiary/aromatic N) is 1. The summed E-state index contributed by atoms with van der Waals surface area (Å²) in [6, 6.07) is 4.93. The molecule has 3 N–H and O–H groups in total. The normalized spacial score (nSPS) is 19.0. The van der Waals surface area contributed by atoms with Gasteiger partial charge in [-0.1, -0.05) is 0 Å². The lowest BCUT2D eigenvalue weighted by Gasteiger charge is -2.23. The van der Waals surface area contributed by atoms with Gasteiger partial charge in [0.05, 0.1) is 25.4 Å². The summed E-state index contributed by atoms with van der Waals surface area (Å²) < 4.78 is 5.11. The lowest BCUT2D eigenvalue weighted by atomic mass is 10.1. The number of nitrogens with two attached hydrogens (primary N) is 1. The molecule has 5 nitrogen and oxygen atoms in total. The maximum atomic E-state index is 12.3. The number of aliphatic hydroxyl groups excluding tert-OH is 1. The first-order chi connectivity index (χ1) is 8.67. The molecule has 1 saturated heterocycles. The molecule has 0 aromatic heterocycles. The molecule has 2 rings (SSSR count). The molecule has 1 fully saturated rings. The molecule has 18 heavy (non-hydrogen) atoms. The molecule has 0 radical (unpaired) electrons. The van der Waals surface area contributed by atoms with Gasteiger partial charge in [-0.2, -0.15) is 0 Å². The van der Waals surface area contributed by atoms with Crippen LogP contribution in [0.15, 0.2) is 18.2 Å². The summed E-state index contributed by atoms with van der Waals surface area (Å²) in [4.78, 5) is 14.0. The highest BCUT2D eigenvalue weighted by Gasteiger charge is 2.28. The Morgan fingerprint density at radius 2 is 2.39 bits per heavy atom. The van der Waals surface area contributed by atoms with E-state index in [1.54, 1.807) is 23.1 Å². The molecule has 5 heteroatoms. The van der Waals surface area contributed by atoms with Crippen molar-refractivity contribution in [1.29, 1.82) is 0 Å². The van der Waals surface area contributed by atoms with Crippen molar-refractivity contribution in [3.05, 3.63) is 23.8 Å². The highest BCUT2D eigenvalue weighted by molar-refractivity contribution is 5.95. The molecular formula is C13H18N2O3. The number of methoxy groups -OCH3 is 1. The van der Waals surface area contributed by atoms with E-state index < -0.39 is 0 Å². The number of aliphatic hydroxyl groups is 1. The minimum absolute atomic E-state index is 0.0118. The van der Waals surface area contributed by atoms with Crippen molar-refractivity contribution in [1.82, 2.24) is 4.90 Å². The number of ether oxygens (including phenoxy) is 1. The van der Waals surface area contributed by atoms with E-state index in [-0.39, 0.29) is 18.6 Å². The average Bonchev–Trinajstić information content (AvgIpc) is 2.86. The van der Waals surface area contributed by atoms with Crippen LogP contribution in [0, 0.1) is 0 Å². The predicted octanol–water partition coefficient (Wildman–Crippen LogP) is 0.874. The van der Waals surface area contributed by atoms with Crippen LogP contribution in [0.1, 0.15) is 23.2 Å². The number of amides is 1. The van der Waals surface area contributed by atoms with Gasteiger partial charge < -0.3 is 20.5 Å². The number of nitrogen functional groups attached to an aromatic ring is 1.